The van der Waals surface area contributed by atoms with Crippen LogP contribution in [0.5, 0.6) is 0 Å². The zero-order valence-electron chi connectivity index (χ0n) is 13.4. The van der Waals surface area contributed by atoms with Crippen LogP contribution < -0.4 is 5.32 Å². The minimum Gasteiger partial charge on any atom is -0.395 e. The topological polar surface area (TPSA) is 48.4 Å². The maximum absolute atomic E-state index is 8.98. The lowest BCUT2D eigenvalue weighted by atomic mass is 9.97. The van der Waals surface area contributed by atoms with E-state index in [1.54, 1.807) is 11.3 Å². The lowest BCUT2D eigenvalue weighted by Crippen LogP contribution is -2.38. The Bertz CT molecular complexity index is 579. The zero-order chi connectivity index (χ0) is 15.9. The Kier molecular flexibility index (Phi) is 6.16. The number of rotatable bonds is 7. The second-order valence-corrected chi connectivity index (χ2v) is 7.25. The lowest BCUT2D eigenvalue weighted by molar-refractivity contribution is 0.146. The van der Waals surface area contributed by atoms with Crippen molar-refractivity contribution in [1.29, 1.82) is 0 Å². The average molecular weight is 331 g/mol. The number of nitrogens with zero attached hydrogens (tertiary/aromatic N) is 2. The van der Waals surface area contributed by atoms with Crippen molar-refractivity contribution >= 4 is 11.3 Å². The number of nitrogens with one attached hydrogen (secondary N) is 1. The number of thiazole rings is 1. The van der Waals surface area contributed by atoms with Gasteiger partial charge in [-0.3, -0.25) is 0 Å². The van der Waals surface area contributed by atoms with E-state index in [0.717, 1.165) is 43.6 Å². The van der Waals surface area contributed by atoms with Gasteiger partial charge in [-0.15, -0.1) is 11.3 Å². The molecule has 1 aromatic heterocycles. The highest BCUT2D eigenvalue weighted by Gasteiger charge is 2.18. The molecule has 1 aliphatic heterocycles. The highest BCUT2D eigenvalue weighted by atomic mass is 32.1. The fourth-order valence-electron chi connectivity index (χ4n) is 3.06. The minimum atomic E-state index is 0.276. The number of hydrogen-bond donors (Lipinski definition) is 2. The third-order valence-corrected chi connectivity index (χ3v) is 5.48. The van der Waals surface area contributed by atoms with Crippen LogP contribution in [0, 0.1) is 5.92 Å². The summed E-state index contributed by atoms with van der Waals surface area (Å²) in [6.45, 7) is 5.31. The molecule has 1 aliphatic rings. The fraction of sp³-hybridized carbons (Fsp3) is 0.500. The number of piperidine rings is 1. The van der Waals surface area contributed by atoms with E-state index in [-0.39, 0.29) is 6.61 Å². The molecule has 4 nitrogen and oxygen atoms in total. The highest BCUT2D eigenvalue weighted by molar-refractivity contribution is 7.15. The molecule has 1 saturated heterocycles. The molecular formula is C18H25N3OS. The van der Waals surface area contributed by atoms with E-state index in [9.17, 15) is 0 Å². The number of aromatic nitrogens is 1. The molecule has 0 aliphatic carbocycles. The maximum atomic E-state index is 8.98. The lowest BCUT2D eigenvalue weighted by Gasteiger charge is -2.31. The van der Waals surface area contributed by atoms with Crippen molar-refractivity contribution in [2.75, 3.05) is 32.8 Å². The molecule has 3 rings (SSSR count). The predicted molar refractivity (Wildman–Crippen MR) is 95.5 cm³/mol. The second kappa shape index (κ2) is 8.55. The van der Waals surface area contributed by atoms with Gasteiger partial charge in [0.2, 0.25) is 0 Å². The van der Waals surface area contributed by atoms with Gasteiger partial charge in [0.25, 0.3) is 0 Å². The van der Waals surface area contributed by atoms with E-state index in [1.807, 2.05) is 12.3 Å². The molecule has 0 spiro atoms. The van der Waals surface area contributed by atoms with Gasteiger partial charge < -0.3 is 15.3 Å². The molecule has 0 radical (unpaired) electrons. The van der Waals surface area contributed by atoms with Crippen LogP contribution in [-0.2, 0) is 6.54 Å². The molecule has 0 bridgehead atoms. The van der Waals surface area contributed by atoms with E-state index in [2.05, 4.69) is 39.5 Å². The van der Waals surface area contributed by atoms with Gasteiger partial charge in [0, 0.05) is 29.7 Å². The van der Waals surface area contributed by atoms with Crippen LogP contribution in [0.15, 0.2) is 36.5 Å². The first-order valence-corrected chi connectivity index (χ1v) is 9.21. The van der Waals surface area contributed by atoms with Crippen molar-refractivity contribution in [3.63, 3.8) is 0 Å². The average Bonchev–Trinajstić information content (AvgIpc) is 3.06. The Morgan fingerprint density at radius 2 is 2.00 bits per heavy atom. The van der Waals surface area contributed by atoms with Crippen molar-refractivity contribution in [2.45, 2.75) is 19.4 Å². The summed E-state index contributed by atoms with van der Waals surface area (Å²) >= 11 is 1.77. The summed E-state index contributed by atoms with van der Waals surface area (Å²) in [5.74, 6) is 0.756. The summed E-state index contributed by atoms with van der Waals surface area (Å²) in [5, 5.41) is 13.7. The van der Waals surface area contributed by atoms with Crippen LogP contribution >= 0.6 is 11.3 Å². The molecule has 0 amide bonds. The second-order valence-electron chi connectivity index (χ2n) is 6.14. The highest BCUT2D eigenvalue weighted by Crippen LogP contribution is 2.24. The van der Waals surface area contributed by atoms with E-state index in [4.69, 9.17) is 5.11 Å². The van der Waals surface area contributed by atoms with Gasteiger partial charge in [-0.25, -0.2) is 4.98 Å². The summed E-state index contributed by atoms with van der Waals surface area (Å²) in [6.07, 6.45) is 4.44. The van der Waals surface area contributed by atoms with Crippen molar-refractivity contribution in [3.05, 3.63) is 41.4 Å². The molecule has 124 valence electrons. The van der Waals surface area contributed by atoms with Gasteiger partial charge in [-0.05, 0) is 38.4 Å². The molecule has 2 aromatic rings. The number of β-amino-alcohol motifs (C(OH)–C–C–N with tert-alkyl or cyclic N) is 1. The summed E-state index contributed by atoms with van der Waals surface area (Å²) in [5.41, 5.74) is 1.19. The van der Waals surface area contributed by atoms with Crippen LogP contribution in [0.25, 0.3) is 10.6 Å². The first-order valence-electron chi connectivity index (χ1n) is 8.39. The first-order chi connectivity index (χ1) is 11.3. The SMILES string of the molecule is OCCN1CCC(CNCc2cnc(-c3ccccc3)s2)CC1. The Balaban J connectivity index is 1.41. The monoisotopic (exact) mass is 331 g/mol. The number of aliphatic hydroxyl groups excluding tert-OH is 1. The maximum Gasteiger partial charge on any atom is 0.123 e. The van der Waals surface area contributed by atoms with Crippen LogP contribution in [0.2, 0.25) is 0 Å². The molecular weight excluding hydrogens is 306 g/mol. The largest absolute Gasteiger partial charge is 0.395 e. The number of benzene rings is 1. The molecule has 1 aromatic carbocycles. The Morgan fingerprint density at radius 3 is 2.74 bits per heavy atom. The van der Waals surface area contributed by atoms with Crippen LogP contribution in [-0.4, -0.2) is 47.8 Å². The van der Waals surface area contributed by atoms with Gasteiger partial charge >= 0.3 is 0 Å². The van der Waals surface area contributed by atoms with Crippen molar-refractivity contribution < 1.29 is 5.11 Å². The summed E-state index contributed by atoms with van der Waals surface area (Å²) < 4.78 is 0. The standard InChI is InChI=1S/C18H25N3OS/c22-11-10-21-8-6-15(7-9-21)12-19-13-17-14-20-18(23-17)16-4-2-1-3-5-16/h1-5,14-15,19,22H,6-13H2. The molecule has 1 fully saturated rings. The molecule has 2 N–H and O–H groups in total. The molecule has 0 unspecified atom stereocenters. The zero-order valence-corrected chi connectivity index (χ0v) is 14.3. The first kappa shape index (κ1) is 16.6. The Morgan fingerprint density at radius 1 is 1.22 bits per heavy atom. The van der Waals surface area contributed by atoms with E-state index < -0.39 is 0 Å². The Hall–Kier alpha value is -1.27. The van der Waals surface area contributed by atoms with Gasteiger partial charge in [0.05, 0.1) is 6.61 Å². The van der Waals surface area contributed by atoms with E-state index in [0.29, 0.717) is 0 Å². The van der Waals surface area contributed by atoms with Crippen molar-refractivity contribution in [2.24, 2.45) is 5.92 Å². The smallest absolute Gasteiger partial charge is 0.123 e. The van der Waals surface area contributed by atoms with Crippen molar-refractivity contribution in [3.8, 4) is 10.6 Å². The van der Waals surface area contributed by atoms with Crippen LogP contribution in [0.4, 0.5) is 0 Å². The van der Waals surface area contributed by atoms with Crippen molar-refractivity contribution in [1.82, 2.24) is 15.2 Å². The molecule has 0 atom stereocenters. The molecule has 2 heterocycles. The number of hydrogen-bond acceptors (Lipinski definition) is 5. The van der Waals surface area contributed by atoms with Crippen LogP contribution in [0.3, 0.4) is 0 Å². The van der Waals surface area contributed by atoms with Gasteiger partial charge in [-0.1, -0.05) is 30.3 Å². The predicted octanol–water partition coefficient (Wildman–Crippen LogP) is 2.60. The minimum absolute atomic E-state index is 0.276. The number of likely N-dealkylation sites (tertiary alicyclic amines) is 1. The quantitative estimate of drug-likeness (QED) is 0.819. The van der Waals surface area contributed by atoms with Crippen LogP contribution in [0.1, 0.15) is 17.7 Å². The van der Waals surface area contributed by atoms with E-state index >= 15 is 0 Å². The van der Waals surface area contributed by atoms with Gasteiger partial charge in [-0.2, -0.15) is 0 Å². The summed E-state index contributed by atoms with van der Waals surface area (Å²) in [4.78, 5) is 8.18. The van der Waals surface area contributed by atoms with Gasteiger partial charge in [0.1, 0.15) is 5.01 Å². The summed E-state index contributed by atoms with van der Waals surface area (Å²) in [7, 11) is 0. The third kappa shape index (κ3) is 4.85. The van der Waals surface area contributed by atoms with Gasteiger partial charge in [0.15, 0.2) is 0 Å². The molecule has 23 heavy (non-hydrogen) atoms. The Labute approximate surface area is 142 Å². The van der Waals surface area contributed by atoms with E-state index in [1.165, 1.54) is 23.3 Å². The molecule has 0 saturated carbocycles. The summed E-state index contributed by atoms with van der Waals surface area (Å²) in [6, 6.07) is 10.4. The normalized spacial score (nSPS) is 16.7. The third-order valence-electron chi connectivity index (χ3n) is 4.43. The number of aliphatic hydroxyl groups is 1. The molecule has 5 heteroatoms. The fourth-order valence-corrected chi connectivity index (χ4v) is 3.95.